The first-order chi connectivity index (χ1) is 12.4. The van der Waals surface area contributed by atoms with E-state index in [2.05, 4.69) is 28.9 Å². The number of nitrogens with zero attached hydrogens (tertiary/aromatic N) is 3. The molecule has 0 radical (unpaired) electrons. The van der Waals surface area contributed by atoms with Crippen LogP contribution in [0.3, 0.4) is 0 Å². The Hall–Kier alpha value is -2.22. The van der Waals surface area contributed by atoms with E-state index in [1.165, 1.54) is 10.1 Å². The van der Waals surface area contributed by atoms with Gasteiger partial charge in [0, 0.05) is 16.9 Å². The fraction of sp³-hybridized carbons (Fsp3) is 0.278. The number of aromatic nitrogens is 4. The minimum Gasteiger partial charge on any atom is -0.370 e. The molecule has 4 heterocycles. The summed E-state index contributed by atoms with van der Waals surface area (Å²) in [7, 11) is 0. The molecule has 0 spiro atoms. The summed E-state index contributed by atoms with van der Waals surface area (Å²) < 4.78 is 7.24. The van der Waals surface area contributed by atoms with Gasteiger partial charge in [0.2, 0.25) is 0 Å². The Morgan fingerprint density at radius 2 is 2.15 bits per heavy atom. The van der Waals surface area contributed by atoms with E-state index in [0.717, 1.165) is 21.5 Å². The van der Waals surface area contributed by atoms with Crippen molar-refractivity contribution in [1.29, 1.82) is 0 Å². The molecule has 0 atom stereocenters. The van der Waals surface area contributed by atoms with Crippen molar-refractivity contribution in [3.63, 3.8) is 0 Å². The lowest BCUT2D eigenvalue weighted by atomic mass is 9.94. The second kappa shape index (κ2) is 5.39. The van der Waals surface area contributed by atoms with Gasteiger partial charge in [0.25, 0.3) is 0 Å². The van der Waals surface area contributed by atoms with E-state index >= 15 is 0 Å². The Kier molecular flexibility index (Phi) is 3.31. The maximum absolute atomic E-state index is 12.5. The number of H-pyrrole nitrogens is 1. The molecule has 8 heteroatoms. The van der Waals surface area contributed by atoms with Crippen molar-refractivity contribution in [3.8, 4) is 11.4 Å². The van der Waals surface area contributed by atoms with Crippen LogP contribution in [0.15, 0.2) is 29.1 Å². The van der Waals surface area contributed by atoms with Crippen LogP contribution in [-0.2, 0) is 17.8 Å². The summed E-state index contributed by atoms with van der Waals surface area (Å²) in [5, 5.41) is 5.91. The third-order valence-electron chi connectivity index (χ3n) is 4.65. The molecule has 132 valence electrons. The Labute approximate surface area is 157 Å². The maximum atomic E-state index is 12.5. The number of nitrogens with one attached hydrogen (secondary N) is 1. The molecule has 0 saturated heterocycles. The predicted octanol–water partition coefficient (Wildman–Crippen LogP) is 3.80. The molecule has 5 rings (SSSR count). The van der Waals surface area contributed by atoms with Crippen LogP contribution in [0.5, 0.6) is 0 Å². The molecule has 4 aromatic rings. The normalized spacial score (nSPS) is 16.3. The van der Waals surface area contributed by atoms with Crippen molar-refractivity contribution in [2.75, 3.05) is 0 Å². The van der Waals surface area contributed by atoms with Crippen molar-refractivity contribution in [3.05, 3.63) is 50.2 Å². The van der Waals surface area contributed by atoms with Gasteiger partial charge >= 0.3 is 5.69 Å². The molecule has 0 saturated carbocycles. The topological polar surface area (TPSA) is 72.3 Å². The van der Waals surface area contributed by atoms with E-state index in [1.807, 2.05) is 18.2 Å². The molecule has 1 aromatic carbocycles. The van der Waals surface area contributed by atoms with Crippen LogP contribution in [0.2, 0.25) is 5.02 Å². The van der Waals surface area contributed by atoms with E-state index < -0.39 is 0 Å². The predicted molar refractivity (Wildman–Crippen MR) is 102 cm³/mol. The monoisotopic (exact) mass is 386 g/mol. The molecule has 0 fully saturated rings. The first kappa shape index (κ1) is 16.0. The molecule has 1 aliphatic heterocycles. The summed E-state index contributed by atoms with van der Waals surface area (Å²) >= 11 is 7.84. The number of aromatic amines is 1. The third-order valence-corrected chi connectivity index (χ3v) is 6.10. The zero-order chi connectivity index (χ0) is 18.1. The zero-order valence-electron chi connectivity index (χ0n) is 14.2. The van der Waals surface area contributed by atoms with Crippen LogP contribution < -0.4 is 5.69 Å². The molecule has 1 aliphatic rings. The van der Waals surface area contributed by atoms with Crippen molar-refractivity contribution >= 4 is 38.8 Å². The van der Waals surface area contributed by atoms with Gasteiger partial charge in [-0.2, -0.15) is 4.52 Å². The quantitative estimate of drug-likeness (QED) is 0.540. The maximum Gasteiger partial charge on any atom is 0.349 e. The Morgan fingerprint density at radius 1 is 1.35 bits per heavy atom. The van der Waals surface area contributed by atoms with E-state index in [4.69, 9.17) is 16.3 Å². The second-order valence-corrected chi connectivity index (χ2v) is 8.53. The number of benzene rings is 1. The molecule has 0 unspecified atom stereocenters. The highest BCUT2D eigenvalue weighted by Crippen LogP contribution is 2.39. The summed E-state index contributed by atoms with van der Waals surface area (Å²) in [6, 6.07) is 7.36. The zero-order valence-corrected chi connectivity index (χ0v) is 15.7. The number of fused-ring (bicyclic) bond motifs is 5. The Balaban J connectivity index is 1.84. The highest BCUT2D eigenvalue weighted by atomic mass is 35.5. The molecule has 1 N–H and O–H groups in total. The van der Waals surface area contributed by atoms with Gasteiger partial charge in [-0.25, -0.2) is 9.78 Å². The highest BCUT2D eigenvalue weighted by molar-refractivity contribution is 7.19. The number of rotatable bonds is 1. The van der Waals surface area contributed by atoms with Crippen LogP contribution in [0.25, 0.3) is 27.3 Å². The molecule has 0 aliphatic carbocycles. The summed E-state index contributed by atoms with van der Waals surface area (Å²) in [5.74, 6) is 0.444. The van der Waals surface area contributed by atoms with Gasteiger partial charge < -0.3 is 4.74 Å². The van der Waals surface area contributed by atoms with Crippen molar-refractivity contribution in [1.82, 2.24) is 19.6 Å². The van der Waals surface area contributed by atoms with E-state index in [1.54, 1.807) is 17.4 Å². The van der Waals surface area contributed by atoms with E-state index in [-0.39, 0.29) is 11.3 Å². The third kappa shape index (κ3) is 2.31. The standard InChI is InChI=1S/C18H15ClN4O2S/c1-18(2)7-10-12(8-25-18)26-16-13(10)15-20-14(22-23(15)17(24)21-16)9-5-3-4-6-11(9)19/h3-6H,7-8H2,1-2H3,(H,21,24). The smallest absolute Gasteiger partial charge is 0.349 e. The lowest BCUT2D eigenvalue weighted by Gasteiger charge is -2.30. The van der Waals surface area contributed by atoms with Gasteiger partial charge in [-0.1, -0.05) is 23.7 Å². The molecule has 6 nitrogen and oxygen atoms in total. The summed E-state index contributed by atoms with van der Waals surface area (Å²) in [4.78, 5) is 22.1. The van der Waals surface area contributed by atoms with E-state index in [9.17, 15) is 4.79 Å². The summed E-state index contributed by atoms with van der Waals surface area (Å²) in [6.07, 6.45) is 0.762. The minimum atomic E-state index is -0.308. The average Bonchev–Trinajstić information content (AvgIpc) is 3.16. The Bertz CT molecular complexity index is 1240. The van der Waals surface area contributed by atoms with Gasteiger partial charge in [-0.3, -0.25) is 4.98 Å². The van der Waals surface area contributed by atoms with Gasteiger partial charge in [0.15, 0.2) is 11.5 Å². The largest absolute Gasteiger partial charge is 0.370 e. The average molecular weight is 387 g/mol. The lowest BCUT2D eigenvalue weighted by Crippen LogP contribution is -2.31. The fourth-order valence-electron chi connectivity index (χ4n) is 3.40. The summed E-state index contributed by atoms with van der Waals surface area (Å²) in [5.41, 5.74) is 1.89. The van der Waals surface area contributed by atoms with Crippen LogP contribution in [0.4, 0.5) is 0 Å². The van der Waals surface area contributed by atoms with Crippen LogP contribution in [0.1, 0.15) is 24.3 Å². The molecular weight excluding hydrogens is 372 g/mol. The highest BCUT2D eigenvalue weighted by Gasteiger charge is 2.31. The minimum absolute atomic E-state index is 0.250. The molecule has 0 bridgehead atoms. The first-order valence-electron chi connectivity index (χ1n) is 8.25. The summed E-state index contributed by atoms with van der Waals surface area (Å²) in [6.45, 7) is 4.68. The van der Waals surface area contributed by atoms with E-state index in [0.29, 0.717) is 28.7 Å². The van der Waals surface area contributed by atoms with Crippen LogP contribution >= 0.6 is 22.9 Å². The number of hydrogen-bond donors (Lipinski definition) is 1. The molecule has 3 aromatic heterocycles. The van der Waals surface area contributed by atoms with Crippen molar-refractivity contribution in [2.24, 2.45) is 0 Å². The van der Waals surface area contributed by atoms with Crippen LogP contribution in [-0.4, -0.2) is 25.2 Å². The SMILES string of the molecule is CC1(C)Cc2c(sc3[nH]c(=O)n4nc(-c5ccccc5Cl)nc4c23)CO1. The van der Waals surface area contributed by atoms with Crippen LogP contribution in [0, 0.1) is 0 Å². The number of halogens is 1. The molecular formula is C18H15ClN4O2S. The first-order valence-corrected chi connectivity index (χ1v) is 9.44. The van der Waals surface area contributed by atoms with Gasteiger partial charge in [0.1, 0.15) is 4.83 Å². The van der Waals surface area contributed by atoms with Crippen molar-refractivity contribution in [2.45, 2.75) is 32.5 Å². The van der Waals surface area contributed by atoms with Gasteiger partial charge in [-0.15, -0.1) is 16.4 Å². The van der Waals surface area contributed by atoms with Gasteiger partial charge in [-0.05, 0) is 31.5 Å². The number of thiophene rings is 1. The molecule has 0 amide bonds. The molecule has 26 heavy (non-hydrogen) atoms. The number of ether oxygens (including phenoxy) is 1. The second-order valence-electron chi connectivity index (χ2n) is 7.01. The number of hydrogen-bond acceptors (Lipinski definition) is 5. The lowest BCUT2D eigenvalue weighted by molar-refractivity contribution is -0.0379. The fourth-order valence-corrected chi connectivity index (χ4v) is 4.74. The Morgan fingerprint density at radius 3 is 2.96 bits per heavy atom. The van der Waals surface area contributed by atoms with Gasteiger partial charge in [0.05, 0.1) is 22.6 Å². The van der Waals surface area contributed by atoms with Crippen molar-refractivity contribution < 1.29 is 4.74 Å².